The predicted molar refractivity (Wildman–Crippen MR) is 74.4 cm³/mol. The number of carbonyl (C=O) groups is 1. The molecule has 0 heterocycles. The molecule has 2 N–H and O–H groups in total. The van der Waals surface area contributed by atoms with Crippen LogP contribution in [0.15, 0.2) is 30.8 Å². The lowest BCUT2D eigenvalue weighted by Crippen LogP contribution is -2.16. The van der Waals surface area contributed by atoms with Gasteiger partial charge in [-0.05, 0) is 23.5 Å². The molecule has 0 radical (unpaired) electrons. The Hall–Kier alpha value is -1.77. The monoisotopic (exact) mass is 247 g/mol. The van der Waals surface area contributed by atoms with E-state index in [1.807, 2.05) is 12.1 Å². The lowest BCUT2D eigenvalue weighted by molar-refractivity contribution is -0.136. The summed E-state index contributed by atoms with van der Waals surface area (Å²) >= 11 is 0. The molecular formula is C15H21NO2. The standard InChI is InChI=1S/C15H21NO2/c1-4-11(2)13-5-7-14(8-6-13)12(3)16-10-9-15(17)18/h5-8,11,16H,3-4,9-10H2,1-2H3,(H,17,18). The van der Waals surface area contributed by atoms with Crippen molar-refractivity contribution in [2.24, 2.45) is 0 Å². The van der Waals surface area contributed by atoms with Crippen molar-refractivity contribution in [3.8, 4) is 0 Å². The Balaban J connectivity index is 2.56. The lowest BCUT2D eigenvalue weighted by Gasteiger charge is -2.12. The van der Waals surface area contributed by atoms with Crippen molar-refractivity contribution in [1.82, 2.24) is 5.32 Å². The third kappa shape index (κ3) is 4.24. The van der Waals surface area contributed by atoms with E-state index in [0.29, 0.717) is 12.5 Å². The van der Waals surface area contributed by atoms with Gasteiger partial charge in [0, 0.05) is 12.2 Å². The fourth-order valence-corrected chi connectivity index (χ4v) is 1.67. The highest BCUT2D eigenvalue weighted by Gasteiger charge is 2.04. The van der Waals surface area contributed by atoms with Crippen LogP contribution < -0.4 is 5.32 Å². The van der Waals surface area contributed by atoms with Gasteiger partial charge >= 0.3 is 5.97 Å². The van der Waals surface area contributed by atoms with E-state index in [-0.39, 0.29) is 6.42 Å². The van der Waals surface area contributed by atoms with E-state index >= 15 is 0 Å². The topological polar surface area (TPSA) is 49.3 Å². The molecule has 1 rings (SSSR count). The molecular weight excluding hydrogens is 226 g/mol. The molecule has 0 bridgehead atoms. The first kappa shape index (κ1) is 14.3. The van der Waals surface area contributed by atoms with E-state index in [1.54, 1.807) is 0 Å². The summed E-state index contributed by atoms with van der Waals surface area (Å²) in [6.45, 7) is 8.69. The quantitative estimate of drug-likeness (QED) is 0.777. The molecule has 0 aliphatic rings. The molecule has 18 heavy (non-hydrogen) atoms. The Kier molecular flexibility index (Phi) is 5.43. The van der Waals surface area contributed by atoms with Crippen LogP contribution in [0.5, 0.6) is 0 Å². The van der Waals surface area contributed by atoms with Crippen molar-refractivity contribution in [3.63, 3.8) is 0 Å². The van der Waals surface area contributed by atoms with Gasteiger partial charge in [0.05, 0.1) is 6.42 Å². The lowest BCUT2D eigenvalue weighted by atomic mass is 9.97. The van der Waals surface area contributed by atoms with Crippen molar-refractivity contribution in [1.29, 1.82) is 0 Å². The second-order valence-corrected chi connectivity index (χ2v) is 4.48. The van der Waals surface area contributed by atoms with E-state index in [4.69, 9.17) is 5.11 Å². The Morgan fingerprint density at radius 1 is 1.39 bits per heavy atom. The van der Waals surface area contributed by atoms with E-state index in [2.05, 4.69) is 37.9 Å². The summed E-state index contributed by atoms with van der Waals surface area (Å²) in [7, 11) is 0. The fourth-order valence-electron chi connectivity index (χ4n) is 1.67. The summed E-state index contributed by atoms with van der Waals surface area (Å²) in [4.78, 5) is 10.4. The maximum Gasteiger partial charge on any atom is 0.305 e. The first-order valence-corrected chi connectivity index (χ1v) is 6.29. The van der Waals surface area contributed by atoms with Crippen molar-refractivity contribution >= 4 is 11.7 Å². The molecule has 0 saturated carbocycles. The molecule has 0 aliphatic carbocycles. The first-order valence-electron chi connectivity index (χ1n) is 6.29. The Bertz CT molecular complexity index is 409. The van der Waals surface area contributed by atoms with Gasteiger partial charge in [0.25, 0.3) is 0 Å². The second-order valence-electron chi connectivity index (χ2n) is 4.48. The minimum Gasteiger partial charge on any atom is -0.481 e. The van der Waals surface area contributed by atoms with Crippen LogP contribution in [-0.2, 0) is 4.79 Å². The molecule has 1 unspecified atom stereocenters. The highest BCUT2D eigenvalue weighted by molar-refractivity contribution is 5.68. The number of nitrogens with one attached hydrogen (secondary N) is 1. The van der Waals surface area contributed by atoms with Gasteiger partial charge in [-0.2, -0.15) is 0 Å². The van der Waals surface area contributed by atoms with Gasteiger partial charge < -0.3 is 10.4 Å². The smallest absolute Gasteiger partial charge is 0.305 e. The number of benzene rings is 1. The summed E-state index contributed by atoms with van der Waals surface area (Å²) in [5.41, 5.74) is 3.10. The van der Waals surface area contributed by atoms with Gasteiger partial charge in [0.1, 0.15) is 0 Å². The van der Waals surface area contributed by atoms with E-state index < -0.39 is 5.97 Å². The van der Waals surface area contributed by atoms with Gasteiger partial charge in [0.15, 0.2) is 0 Å². The molecule has 0 saturated heterocycles. The van der Waals surface area contributed by atoms with Crippen molar-refractivity contribution in [2.45, 2.75) is 32.6 Å². The van der Waals surface area contributed by atoms with Gasteiger partial charge in [-0.15, -0.1) is 0 Å². The highest BCUT2D eigenvalue weighted by atomic mass is 16.4. The van der Waals surface area contributed by atoms with E-state index in [1.165, 1.54) is 5.56 Å². The fraction of sp³-hybridized carbons (Fsp3) is 0.400. The van der Waals surface area contributed by atoms with Gasteiger partial charge in [0.2, 0.25) is 0 Å². The molecule has 1 aromatic carbocycles. The maximum absolute atomic E-state index is 10.4. The zero-order chi connectivity index (χ0) is 13.5. The summed E-state index contributed by atoms with van der Waals surface area (Å²) in [6, 6.07) is 8.26. The zero-order valence-corrected chi connectivity index (χ0v) is 11.1. The minimum atomic E-state index is -0.803. The molecule has 0 spiro atoms. The maximum atomic E-state index is 10.4. The number of carboxylic acid groups (broad SMARTS) is 1. The van der Waals surface area contributed by atoms with Crippen molar-refractivity contribution in [3.05, 3.63) is 42.0 Å². The molecule has 3 nitrogen and oxygen atoms in total. The van der Waals surface area contributed by atoms with Crippen LogP contribution in [0.1, 0.15) is 43.7 Å². The van der Waals surface area contributed by atoms with Gasteiger partial charge in [-0.3, -0.25) is 4.79 Å². The number of carboxylic acids is 1. The van der Waals surface area contributed by atoms with Crippen LogP contribution in [0, 0.1) is 0 Å². The Labute approximate surface area is 109 Å². The van der Waals surface area contributed by atoms with E-state index in [9.17, 15) is 4.79 Å². The number of hydrogen-bond acceptors (Lipinski definition) is 2. The largest absolute Gasteiger partial charge is 0.481 e. The van der Waals surface area contributed by atoms with Crippen LogP contribution in [0.4, 0.5) is 0 Å². The molecule has 0 amide bonds. The van der Waals surface area contributed by atoms with Crippen LogP contribution in [-0.4, -0.2) is 17.6 Å². The second kappa shape index (κ2) is 6.84. The number of rotatable bonds is 7. The molecule has 0 fully saturated rings. The van der Waals surface area contributed by atoms with Gasteiger partial charge in [-0.1, -0.05) is 44.7 Å². The van der Waals surface area contributed by atoms with Crippen molar-refractivity contribution in [2.75, 3.05) is 6.54 Å². The van der Waals surface area contributed by atoms with Crippen molar-refractivity contribution < 1.29 is 9.90 Å². The summed E-state index contributed by atoms with van der Waals surface area (Å²) in [6.07, 6.45) is 1.22. The SMILES string of the molecule is C=C(NCCC(=O)O)c1ccc(C(C)CC)cc1. The minimum absolute atomic E-state index is 0.101. The van der Waals surface area contributed by atoms with Gasteiger partial charge in [-0.25, -0.2) is 0 Å². The van der Waals surface area contributed by atoms with Crippen LogP contribution >= 0.6 is 0 Å². The Morgan fingerprint density at radius 3 is 2.50 bits per heavy atom. The zero-order valence-electron chi connectivity index (χ0n) is 11.1. The molecule has 1 atom stereocenters. The Morgan fingerprint density at radius 2 is 2.00 bits per heavy atom. The predicted octanol–water partition coefficient (Wildman–Crippen LogP) is 3.24. The summed E-state index contributed by atoms with van der Waals surface area (Å²) in [5.74, 6) is -0.241. The van der Waals surface area contributed by atoms with Crippen LogP contribution in [0.25, 0.3) is 5.70 Å². The molecule has 0 aromatic heterocycles. The average molecular weight is 247 g/mol. The summed E-state index contributed by atoms with van der Waals surface area (Å²) < 4.78 is 0. The normalized spacial score (nSPS) is 11.9. The summed E-state index contributed by atoms with van der Waals surface area (Å²) in [5, 5.41) is 11.6. The molecule has 0 aliphatic heterocycles. The highest BCUT2D eigenvalue weighted by Crippen LogP contribution is 2.20. The molecule has 98 valence electrons. The third-order valence-corrected chi connectivity index (χ3v) is 3.12. The number of aliphatic carboxylic acids is 1. The molecule has 1 aromatic rings. The third-order valence-electron chi connectivity index (χ3n) is 3.12. The molecule has 3 heteroatoms. The van der Waals surface area contributed by atoms with Crippen LogP contribution in [0.3, 0.4) is 0 Å². The van der Waals surface area contributed by atoms with Crippen LogP contribution in [0.2, 0.25) is 0 Å². The first-order chi connectivity index (χ1) is 8.54. The average Bonchev–Trinajstić information content (AvgIpc) is 2.37. The number of hydrogen-bond donors (Lipinski definition) is 2. The van der Waals surface area contributed by atoms with E-state index in [0.717, 1.165) is 17.7 Å².